The number of fused-ring (bicyclic) bond motifs is 3. The molecule has 0 spiro atoms. The van der Waals surface area contributed by atoms with Gasteiger partial charge in [-0.3, -0.25) is 9.79 Å². The second-order valence-electron chi connectivity index (χ2n) is 14.3. The third kappa shape index (κ3) is 8.01. The van der Waals surface area contributed by atoms with Gasteiger partial charge in [0.25, 0.3) is 0 Å². The average Bonchev–Trinajstić information content (AvgIpc) is 3.70. The monoisotopic (exact) mass is 680 g/mol. The van der Waals surface area contributed by atoms with E-state index in [0.717, 1.165) is 85.1 Å². The number of hydrogen-bond acceptors (Lipinski definition) is 10. The van der Waals surface area contributed by atoms with Gasteiger partial charge in [0, 0.05) is 29.7 Å². The number of amides is 2. The van der Waals surface area contributed by atoms with Crippen LogP contribution in [0, 0.1) is 11.3 Å². The summed E-state index contributed by atoms with van der Waals surface area (Å²) in [6.07, 6.45) is 7.26. The molecule has 4 aliphatic rings. The summed E-state index contributed by atoms with van der Waals surface area (Å²) >= 11 is 1.72. The van der Waals surface area contributed by atoms with Crippen molar-refractivity contribution in [3.63, 3.8) is 0 Å². The molecule has 48 heavy (non-hydrogen) atoms. The molecule has 2 amide bonds. The van der Waals surface area contributed by atoms with Crippen LogP contribution < -0.4 is 19.5 Å². The molecule has 260 valence electrons. The van der Waals surface area contributed by atoms with Gasteiger partial charge >= 0.3 is 6.09 Å². The maximum atomic E-state index is 14.2. The number of aromatic nitrogens is 1. The highest BCUT2D eigenvalue weighted by molar-refractivity contribution is 8.14. The highest BCUT2D eigenvalue weighted by Crippen LogP contribution is 2.37. The second-order valence-corrected chi connectivity index (χ2v) is 15.6. The third-order valence-corrected chi connectivity index (χ3v) is 11.1. The SMILES string of the molecule is COc1cc2nc(OCC3CSC(C)=N3)cc3c2cc1CCCC(C)(C)COC(=O)N[C@@H](C1CCCCC1)C(=O)N1C[C@@H](C[C@H]1C=O)O3. The predicted molar refractivity (Wildman–Crippen MR) is 185 cm³/mol. The van der Waals surface area contributed by atoms with Crippen molar-refractivity contribution < 1.29 is 33.3 Å². The number of aliphatic imine (C=N–C) groups is 1. The number of nitrogens with zero attached hydrogens (tertiary/aromatic N) is 3. The molecule has 12 heteroatoms. The van der Waals surface area contributed by atoms with E-state index < -0.39 is 24.3 Å². The molecule has 4 bridgehead atoms. The zero-order valence-electron chi connectivity index (χ0n) is 28.5. The Labute approximate surface area is 286 Å². The minimum absolute atomic E-state index is 0.0201. The van der Waals surface area contributed by atoms with Crippen molar-refractivity contribution in [2.75, 3.05) is 32.6 Å². The first kappa shape index (κ1) is 34.3. The molecule has 1 saturated carbocycles. The molecule has 2 aromatic rings. The number of aldehydes is 1. The molecule has 1 N–H and O–H groups in total. The Bertz CT molecular complexity index is 1540. The molecule has 1 saturated heterocycles. The highest BCUT2D eigenvalue weighted by atomic mass is 32.2. The fraction of sp³-hybridized carbons (Fsp3) is 0.639. The summed E-state index contributed by atoms with van der Waals surface area (Å²) in [4.78, 5) is 50.8. The quantitative estimate of drug-likeness (QED) is 0.380. The standard InChI is InChI=1S/C36H48N4O7S/c1-22-37-25(20-48-22)19-45-32-16-31-28-13-24(30(44-4)15-29(28)38-32)11-8-12-36(2,3)21-46-35(43)39-33(23-9-6-5-7-10-23)34(42)40-17-27(47-31)14-26(40)18-41/h13,15-16,18,23,25-27,33H,5-12,14,17,19-21H2,1-4H3,(H,39,43)/t25?,26-,27+,33-/m0/s1. The van der Waals surface area contributed by atoms with Gasteiger partial charge in [-0.1, -0.05) is 33.1 Å². The first-order valence-electron chi connectivity index (χ1n) is 17.3. The average molecular weight is 681 g/mol. The van der Waals surface area contributed by atoms with Gasteiger partial charge in [-0.05, 0) is 62.0 Å². The molecule has 1 unspecified atom stereocenters. The largest absolute Gasteiger partial charge is 0.496 e. The smallest absolute Gasteiger partial charge is 0.407 e. The minimum atomic E-state index is -0.766. The number of aryl methyl sites for hydroxylation is 1. The first-order chi connectivity index (χ1) is 23.1. The molecule has 0 radical (unpaired) electrons. The summed E-state index contributed by atoms with van der Waals surface area (Å²) in [7, 11) is 1.65. The van der Waals surface area contributed by atoms with Gasteiger partial charge in [0.05, 0.1) is 42.9 Å². The van der Waals surface area contributed by atoms with E-state index >= 15 is 0 Å². The van der Waals surface area contributed by atoms with Crippen molar-refractivity contribution in [3.05, 3.63) is 23.8 Å². The van der Waals surface area contributed by atoms with Crippen LogP contribution in [-0.4, -0.2) is 90.1 Å². The van der Waals surface area contributed by atoms with Crippen LogP contribution in [0.5, 0.6) is 17.4 Å². The van der Waals surface area contributed by atoms with E-state index in [1.165, 1.54) is 0 Å². The van der Waals surface area contributed by atoms with Crippen LogP contribution in [0.15, 0.2) is 23.2 Å². The van der Waals surface area contributed by atoms with E-state index in [9.17, 15) is 14.4 Å². The number of hydrogen-bond donors (Lipinski definition) is 1. The van der Waals surface area contributed by atoms with E-state index in [1.807, 2.05) is 19.1 Å². The topological polar surface area (TPSA) is 129 Å². The van der Waals surface area contributed by atoms with Crippen LogP contribution in [-0.2, 0) is 20.7 Å². The Balaban J connectivity index is 1.36. The maximum absolute atomic E-state index is 14.2. The predicted octanol–water partition coefficient (Wildman–Crippen LogP) is 5.74. The summed E-state index contributed by atoms with van der Waals surface area (Å²) in [5.74, 6) is 2.30. The molecule has 4 atom stereocenters. The summed E-state index contributed by atoms with van der Waals surface area (Å²) in [5.41, 5.74) is 1.40. The van der Waals surface area contributed by atoms with Crippen LogP contribution in [0.1, 0.15) is 77.7 Å². The van der Waals surface area contributed by atoms with E-state index in [0.29, 0.717) is 30.2 Å². The van der Waals surface area contributed by atoms with Crippen molar-refractivity contribution in [2.45, 2.75) is 103 Å². The first-order valence-corrected chi connectivity index (χ1v) is 18.3. The van der Waals surface area contributed by atoms with E-state index in [-0.39, 0.29) is 36.4 Å². The molecular weight excluding hydrogens is 632 g/mol. The number of alkyl carbamates (subject to hydrolysis) is 1. The third-order valence-electron chi connectivity index (χ3n) is 10.0. The van der Waals surface area contributed by atoms with Crippen molar-refractivity contribution >= 4 is 46.0 Å². The summed E-state index contributed by atoms with van der Waals surface area (Å²) in [5, 5.41) is 4.79. The normalized spacial score (nSPS) is 27.0. The number of nitrogens with one attached hydrogen (secondary N) is 1. The van der Waals surface area contributed by atoms with E-state index in [4.69, 9.17) is 23.9 Å². The number of thioether (sulfide) groups is 1. The number of benzene rings is 1. The van der Waals surface area contributed by atoms with E-state index in [1.54, 1.807) is 23.8 Å². The lowest BCUT2D eigenvalue weighted by Gasteiger charge is -2.34. The van der Waals surface area contributed by atoms with Gasteiger partial charge in [-0.2, -0.15) is 0 Å². The fourth-order valence-electron chi connectivity index (χ4n) is 7.38. The Morgan fingerprint density at radius 3 is 2.69 bits per heavy atom. The molecule has 1 aliphatic carbocycles. The lowest BCUT2D eigenvalue weighted by atomic mass is 9.83. The molecule has 6 rings (SSSR count). The van der Waals surface area contributed by atoms with Gasteiger partial charge < -0.3 is 34.0 Å². The van der Waals surface area contributed by atoms with Gasteiger partial charge in [0.1, 0.15) is 36.5 Å². The second kappa shape index (κ2) is 14.9. The van der Waals surface area contributed by atoms with Crippen molar-refractivity contribution in [1.82, 2.24) is 15.2 Å². The molecule has 4 heterocycles. The Morgan fingerprint density at radius 1 is 1.15 bits per heavy atom. The van der Waals surface area contributed by atoms with Crippen LogP contribution in [0.4, 0.5) is 4.79 Å². The number of pyridine rings is 1. The highest BCUT2D eigenvalue weighted by Gasteiger charge is 2.42. The maximum Gasteiger partial charge on any atom is 0.407 e. The van der Waals surface area contributed by atoms with Gasteiger partial charge in [-0.25, -0.2) is 9.78 Å². The summed E-state index contributed by atoms with van der Waals surface area (Å²) < 4.78 is 24.4. The van der Waals surface area contributed by atoms with Crippen molar-refractivity contribution in [2.24, 2.45) is 16.3 Å². The number of ether oxygens (including phenoxy) is 4. The number of carbonyl (C=O) groups excluding carboxylic acids is 3. The van der Waals surface area contributed by atoms with Gasteiger partial charge in [0.15, 0.2) is 0 Å². The molecule has 11 nitrogen and oxygen atoms in total. The Morgan fingerprint density at radius 2 is 1.96 bits per heavy atom. The Hall–Kier alpha value is -3.54. The van der Waals surface area contributed by atoms with Crippen LogP contribution >= 0.6 is 11.8 Å². The van der Waals surface area contributed by atoms with Crippen molar-refractivity contribution in [1.29, 1.82) is 0 Å². The fourth-order valence-corrected chi connectivity index (χ4v) is 8.20. The molecule has 2 fully saturated rings. The summed E-state index contributed by atoms with van der Waals surface area (Å²) in [6.45, 7) is 6.98. The number of carbonyl (C=O) groups is 3. The van der Waals surface area contributed by atoms with Gasteiger partial charge in [-0.15, -0.1) is 11.8 Å². The van der Waals surface area contributed by atoms with Gasteiger partial charge in [0.2, 0.25) is 11.8 Å². The summed E-state index contributed by atoms with van der Waals surface area (Å²) in [6, 6.07) is 4.40. The lowest BCUT2D eigenvalue weighted by Crippen LogP contribution is -2.54. The molecule has 3 aliphatic heterocycles. The molecular formula is C36H48N4O7S. The Kier molecular flexibility index (Phi) is 10.7. The van der Waals surface area contributed by atoms with E-state index in [2.05, 4.69) is 30.2 Å². The van der Waals surface area contributed by atoms with Crippen LogP contribution in [0.2, 0.25) is 0 Å². The van der Waals surface area contributed by atoms with Crippen molar-refractivity contribution in [3.8, 4) is 17.4 Å². The number of methoxy groups -OCH3 is 1. The lowest BCUT2D eigenvalue weighted by molar-refractivity contribution is -0.138. The van der Waals surface area contributed by atoms with Crippen LogP contribution in [0.3, 0.4) is 0 Å². The molecule has 1 aromatic heterocycles. The number of cyclic esters (lactones) is 1. The van der Waals surface area contributed by atoms with Crippen LogP contribution in [0.25, 0.3) is 10.9 Å². The number of rotatable bonds is 6. The molecule has 1 aromatic carbocycles. The zero-order chi connectivity index (χ0) is 33.8. The zero-order valence-corrected chi connectivity index (χ0v) is 29.3. The minimum Gasteiger partial charge on any atom is -0.496 e.